The first-order chi connectivity index (χ1) is 17.8. The van der Waals surface area contributed by atoms with Gasteiger partial charge in [0.1, 0.15) is 5.37 Å². The third kappa shape index (κ3) is 7.98. The van der Waals surface area contributed by atoms with Crippen LogP contribution in [-0.2, 0) is 33.4 Å². The molecule has 0 aromatic rings. The molecule has 4 N–H and O–H groups in total. The summed E-state index contributed by atoms with van der Waals surface area (Å²) in [6, 6.07) is 0.191. The molecule has 3 aliphatic rings. The van der Waals surface area contributed by atoms with Crippen molar-refractivity contribution >= 4 is 53.4 Å². The van der Waals surface area contributed by atoms with E-state index in [0.29, 0.717) is 5.25 Å². The second-order valence-electron chi connectivity index (χ2n) is 8.85. The van der Waals surface area contributed by atoms with Crippen molar-refractivity contribution in [2.45, 2.75) is 67.3 Å². The molecule has 3 aliphatic heterocycles. The number of hydrogen-bond acceptors (Lipinski definition) is 12. The van der Waals surface area contributed by atoms with Crippen LogP contribution in [-0.4, -0.2) is 90.0 Å². The molecular weight excluding hydrogens is 524 g/mol. The van der Waals surface area contributed by atoms with Crippen LogP contribution < -0.4 is 21.3 Å². The Balaban J connectivity index is 1.70. The van der Waals surface area contributed by atoms with Gasteiger partial charge in [0.2, 0.25) is 11.8 Å². The van der Waals surface area contributed by atoms with Crippen LogP contribution in [0.25, 0.3) is 0 Å². The second kappa shape index (κ2) is 14.2. The number of thioether (sulfide) groups is 2. The first-order valence-electron chi connectivity index (χ1n) is 12.7. The van der Waals surface area contributed by atoms with Crippen molar-refractivity contribution in [1.29, 1.82) is 0 Å². The van der Waals surface area contributed by atoms with Crippen LogP contribution in [0.4, 0.5) is 4.79 Å². The molecule has 0 bridgehead atoms. The zero-order valence-corrected chi connectivity index (χ0v) is 22.9. The van der Waals surface area contributed by atoms with Gasteiger partial charge in [-0.15, -0.1) is 23.5 Å². The van der Waals surface area contributed by atoms with Gasteiger partial charge in [-0.25, -0.2) is 4.79 Å². The summed E-state index contributed by atoms with van der Waals surface area (Å²) < 4.78 is 15.0. The van der Waals surface area contributed by atoms with Crippen LogP contribution in [0.2, 0.25) is 0 Å². The van der Waals surface area contributed by atoms with Crippen molar-refractivity contribution < 1.29 is 38.2 Å². The summed E-state index contributed by atoms with van der Waals surface area (Å²) in [5, 5.41) is 10.7. The van der Waals surface area contributed by atoms with Crippen molar-refractivity contribution in [3.05, 3.63) is 0 Å². The number of carbonyl (C=O) groups excluding carboxylic acids is 5. The molecule has 12 nitrogen and oxygen atoms in total. The number of rotatable bonds is 10. The van der Waals surface area contributed by atoms with Gasteiger partial charge in [0, 0.05) is 23.1 Å². The highest BCUT2D eigenvalue weighted by atomic mass is 32.2. The lowest BCUT2D eigenvalue weighted by atomic mass is 9.95. The Hall–Kier alpha value is -2.03. The van der Waals surface area contributed by atoms with E-state index in [1.165, 1.54) is 11.8 Å². The van der Waals surface area contributed by atoms with Gasteiger partial charge in [-0.05, 0) is 46.6 Å². The number of carbonyl (C=O) groups is 5. The molecule has 3 saturated heterocycles. The van der Waals surface area contributed by atoms with Gasteiger partial charge in [0.05, 0.1) is 31.1 Å². The number of piperidine rings is 1. The summed E-state index contributed by atoms with van der Waals surface area (Å²) in [5.74, 6) is -4.15. The highest BCUT2D eigenvalue weighted by Gasteiger charge is 2.46. The maximum atomic E-state index is 13.2. The lowest BCUT2D eigenvalue weighted by molar-refractivity contribution is -0.161. The van der Waals surface area contributed by atoms with E-state index < -0.39 is 46.5 Å². The van der Waals surface area contributed by atoms with Crippen molar-refractivity contribution in [2.24, 2.45) is 11.8 Å². The average Bonchev–Trinajstić information content (AvgIpc) is 3.47. The van der Waals surface area contributed by atoms with Gasteiger partial charge in [0.15, 0.2) is 5.92 Å². The van der Waals surface area contributed by atoms with Crippen LogP contribution in [0.5, 0.6) is 0 Å². The second-order valence-corrected chi connectivity index (χ2v) is 11.6. The first-order valence-corrected chi connectivity index (χ1v) is 14.5. The Bertz CT molecular complexity index is 831. The summed E-state index contributed by atoms with van der Waals surface area (Å²) in [7, 11) is 0. The number of hydrogen-bond donors (Lipinski definition) is 4. The molecule has 6 unspecified atom stereocenters. The van der Waals surface area contributed by atoms with Gasteiger partial charge in [-0.1, -0.05) is 0 Å². The van der Waals surface area contributed by atoms with E-state index in [2.05, 4.69) is 21.3 Å². The lowest BCUT2D eigenvalue weighted by Crippen LogP contribution is -2.51. The van der Waals surface area contributed by atoms with Crippen LogP contribution in [0.1, 0.15) is 40.0 Å². The Morgan fingerprint density at radius 2 is 1.62 bits per heavy atom. The minimum atomic E-state index is -1.15. The molecule has 0 saturated carbocycles. The van der Waals surface area contributed by atoms with E-state index in [1.54, 1.807) is 32.5 Å². The Kier molecular flexibility index (Phi) is 11.3. The molecule has 208 valence electrons. The standard InChI is InChI=1S/C23H36N4O8S2/c1-4-33-21(30)14(22(31)34-5-2)10-12-9-13(17(28)27-23(32)35-6-3)19(36-12)26-18(29)20-25-15-11-24-8-7-16(15)37-20/h12-16,19-20,24-25H,4-11H2,1-3H3,(H,26,29)(H,27,28,32). The fourth-order valence-corrected chi connectivity index (χ4v) is 7.68. The molecule has 6 atom stereocenters. The normalized spacial score (nSPS) is 28.8. The summed E-state index contributed by atoms with van der Waals surface area (Å²) in [4.78, 5) is 63.0. The summed E-state index contributed by atoms with van der Waals surface area (Å²) in [5.41, 5.74) is 0. The van der Waals surface area contributed by atoms with Crippen molar-refractivity contribution in [3.8, 4) is 0 Å². The smallest absolute Gasteiger partial charge is 0.413 e. The van der Waals surface area contributed by atoms with Crippen molar-refractivity contribution in [2.75, 3.05) is 32.9 Å². The molecular formula is C23H36N4O8S2. The monoisotopic (exact) mass is 560 g/mol. The van der Waals surface area contributed by atoms with Crippen LogP contribution in [0.3, 0.4) is 0 Å². The molecule has 37 heavy (non-hydrogen) atoms. The largest absolute Gasteiger partial charge is 0.465 e. The van der Waals surface area contributed by atoms with E-state index in [4.69, 9.17) is 14.2 Å². The number of imide groups is 1. The molecule has 0 spiro atoms. The predicted octanol–water partition coefficient (Wildman–Crippen LogP) is 0.349. The quantitative estimate of drug-likeness (QED) is 0.165. The highest BCUT2D eigenvalue weighted by Crippen LogP contribution is 2.41. The van der Waals surface area contributed by atoms with E-state index >= 15 is 0 Å². The molecule has 3 heterocycles. The van der Waals surface area contributed by atoms with Crippen molar-refractivity contribution in [3.63, 3.8) is 0 Å². The summed E-state index contributed by atoms with van der Waals surface area (Å²) in [6.45, 7) is 6.93. The zero-order chi connectivity index (χ0) is 26.9. The number of ether oxygens (including phenoxy) is 3. The van der Waals surface area contributed by atoms with Crippen LogP contribution >= 0.6 is 23.5 Å². The van der Waals surface area contributed by atoms with E-state index in [-0.39, 0.29) is 49.9 Å². The summed E-state index contributed by atoms with van der Waals surface area (Å²) in [6.07, 6.45) is 0.396. The van der Waals surface area contributed by atoms with E-state index in [9.17, 15) is 24.0 Å². The lowest BCUT2D eigenvalue weighted by Gasteiger charge is -2.24. The summed E-state index contributed by atoms with van der Waals surface area (Å²) >= 11 is 2.86. The average molecular weight is 561 g/mol. The molecule has 3 amide bonds. The Labute approximate surface area is 224 Å². The van der Waals surface area contributed by atoms with Gasteiger partial charge in [0.25, 0.3) is 0 Å². The maximum Gasteiger partial charge on any atom is 0.413 e. The Morgan fingerprint density at radius 1 is 0.946 bits per heavy atom. The SMILES string of the molecule is CCOC(=O)NC(=O)C1CC(CC(C(=O)OCC)C(=O)OCC)SC1NC(=O)C1NC2CNCCC2S1. The molecule has 14 heteroatoms. The first kappa shape index (κ1) is 29.5. The van der Waals surface area contributed by atoms with Gasteiger partial charge >= 0.3 is 18.0 Å². The fourth-order valence-electron chi connectivity index (χ4n) is 4.62. The van der Waals surface area contributed by atoms with Crippen molar-refractivity contribution in [1.82, 2.24) is 21.3 Å². The maximum absolute atomic E-state index is 13.2. The third-order valence-electron chi connectivity index (χ3n) is 6.32. The molecule has 3 fully saturated rings. The number of alkyl carbamates (subject to hydrolysis) is 1. The minimum absolute atomic E-state index is 0.0735. The molecule has 0 aliphatic carbocycles. The zero-order valence-electron chi connectivity index (χ0n) is 21.3. The van der Waals surface area contributed by atoms with E-state index in [1.807, 2.05) is 0 Å². The van der Waals surface area contributed by atoms with Gasteiger partial charge in [-0.2, -0.15) is 0 Å². The highest BCUT2D eigenvalue weighted by molar-refractivity contribution is 8.01. The number of fused-ring (bicyclic) bond motifs is 1. The predicted molar refractivity (Wildman–Crippen MR) is 138 cm³/mol. The van der Waals surface area contributed by atoms with E-state index in [0.717, 1.165) is 19.5 Å². The van der Waals surface area contributed by atoms with Crippen LogP contribution in [0.15, 0.2) is 0 Å². The molecule has 0 aromatic heterocycles. The van der Waals surface area contributed by atoms with Crippen LogP contribution in [0, 0.1) is 11.8 Å². The van der Waals surface area contributed by atoms with Gasteiger partial charge < -0.3 is 24.8 Å². The topological polar surface area (TPSA) is 161 Å². The number of amides is 3. The minimum Gasteiger partial charge on any atom is -0.465 e. The Morgan fingerprint density at radius 3 is 2.24 bits per heavy atom. The molecule has 3 rings (SSSR count). The molecule has 0 aromatic carbocycles. The number of esters is 2. The fraction of sp³-hybridized carbons (Fsp3) is 0.783. The molecule has 0 radical (unpaired) electrons. The van der Waals surface area contributed by atoms with Gasteiger partial charge in [-0.3, -0.25) is 29.8 Å². The third-order valence-corrected chi connectivity index (χ3v) is 9.36. The number of nitrogens with one attached hydrogen (secondary N) is 4.